The Morgan fingerprint density at radius 3 is 2.95 bits per heavy atom. The number of carbonyl (C=O) groups is 1. The van der Waals surface area contributed by atoms with Crippen molar-refractivity contribution in [3.8, 4) is 5.75 Å². The third-order valence-electron chi connectivity index (χ3n) is 2.92. The van der Waals surface area contributed by atoms with E-state index in [1.807, 2.05) is 23.6 Å². The zero-order valence-corrected chi connectivity index (χ0v) is 12.5. The molecule has 1 aromatic carbocycles. The number of fused-ring (bicyclic) bond motifs is 1. The second-order valence-corrected chi connectivity index (χ2v) is 5.90. The third kappa shape index (κ3) is 2.19. The van der Waals surface area contributed by atoms with Crippen LogP contribution in [0.1, 0.15) is 15.2 Å². The first-order valence-electron chi connectivity index (χ1n) is 5.63. The largest absolute Gasteiger partial charge is 0.496 e. The Bertz CT molecular complexity index is 760. The van der Waals surface area contributed by atoms with Crippen LogP contribution in [0.4, 0.5) is 0 Å². The smallest absolute Gasteiger partial charge is 0.205 e. The van der Waals surface area contributed by atoms with E-state index >= 15 is 0 Å². The van der Waals surface area contributed by atoms with Crippen LogP contribution in [0.25, 0.3) is 10.9 Å². The van der Waals surface area contributed by atoms with Crippen molar-refractivity contribution in [1.29, 1.82) is 0 Å². The molecule has 5 heteroatoms. The van der Waals surface area contributed by atoms with Crippen LogP contribution >= 0.6 is 27.3 Å². The van der Waals surface area contributed by atoms with E-state index < -0.39 is 0 Å². The number of nitrogens with one attached hydrogen (secondary N) is 1. The van der Waals surface area contributed by atoms with E-state index in [0.29, 0.717) is 10.4 Å². The zero-order chi connectivity index (χ0) is 13.4. The summed E-state index contributed by atoms with van der Waals surface area (Å²) in [7, 11) is 1.60. The molecule has 2 heterocycles. The van der Waals surface area contributed by atoms with Gasteiger partial charge in [0.1, 0.15) is 5.75 Å². The van der Waals surface area contributed by atoms with E-state index in [2.05, 4.69) is 20.9 Å². The molecular formula is C14H10BrNO2S. The first-order chi connectivity index (χ1) is 9.19. The molecule has 3 rings (SSSR count). The summed E-state index contributed by atoms with van der Waals surface area (Å²) in [5.41, 5.74) is 1.64. The van der Waals surface area contributed by atoms with Gasteiger partial charge in [-0.15, -0.1) is 11.3 Å². The molecule has 0 spiro atoms. The molecular weight excluding hydrogens is 326 g/mol. The summed E-state index contributed by atoms with van der Waals surface area (Å²) in [5.74, 6) is 0.729. The lowest BCUT2D eigenvalue weighted by molar-refractivity contribution is 0.104. The highest BCUT2D eigenvalue weighted by Crippen LogP contribution is 2.28. The maximum atomic E-state index is 12.5. The summed E-state index contributed by atoms with van der Waals surface area (Å²) in [6.07, 6.45) is 1.76. The van der Waals surface area contributed by atoms with Gasteiger partial charge in [-0.25, -0.2) is 0 Å². The van der Waals surface area contributed by atoms with Gasteiger partial charge in [0.2, 0.25) is 5.78 Å². The molecule has 19 heavy (non-hydrogen) atoms. The predicted molar refractivity (Wildman–Crippen MR) is 80.3 cm³/mol. The molecule has 0 fully saturated rings. The van der Waals surface area contributed by atoms with Crippen molar-refractivity contribution in [2.75, 3.05) is 7.11 Å². The maximum absolute atomic E-state index is 12.5. The average Bonchev–Trinajstić information content (AvgIpc) is 3.04. The molecule has 0 amide bonds. The maximum Gasteiger partial charge on any atom is 0.205 e. The fourth-order valence-corrected chi connectivity index (χ4v) is 3.13. The molecule has 3 nitrogen and oxygen atoms in total. The number of hydrogen-bond acceptors (Lipinski definition) is 3. The fraction of sp³-hybridized carbons (Fsp3) is 0.0714. The number of H-pyrrole nitrogens is 1. The molecule has 0 aliphatic heterocycles. The SMILES string of the molecule is COc1csc(C(=O)c2c[nH]c3ccc(Br)cc23)c1. The minimum Gasteiger partial charge on any atom is -0.496 e. The summed E-state index contributed by atoms with van der Waals surface area (Å²) >= 11 is 4.82. The van der Waals surface area contributed by atoms with Crippen LogP contribution in [-0.2, 0) is 0 Å². The minimum absolute atomic E-state index is 0.0117. The number of aromatic amines is 1. The Labute approximate surface area is 122 Å². The first-order valence-corrected chi connectivity index (χ1v) is 7.30. The van der Waals surface area contributed by atoms with Gasteiger partial charge in [-0.3, -0.25) is 4.79 Å². The van der Waals surface area contributed by atoms with Crippen LogP contribution in [0.15, 0.2) is 40.3 Å². The van der Waals surface area contributed by atoms with Gasteiger partial charge in [-0.1, -0.05) is 15.9 Å². The van der Waals surface area contributed by atoms with Gasteiger partial charge in [-0.2, -0.15) is 0 Å². The number of rotatable bonds is 3. The van der Waals surface area contributed by atoms with Crippen LogP contribution in [0.5, 0.6) is 5.75 Å². The first kappa shape index (κ1) is 12.4. The number of methoxy groups -OCH3 is 1. The van der Waals surface area contributed by atoms with Crippen molar-refractivity contribution in [2.45, 2.75) is 0 Å². The van der Waals surface area contributed by atoms with Gasteiger partial charge in [0, 0.05) is 38.6 Å². The lowest BCUT2D eigenvalue weighted by Gasteiger charge is -1.97. The highest BCUT2D eigenvalue weighted by molar-refractivity contribution is 9.10. The molecule has 0 atom stereocenters. The summed E-state index contributed by atoms with van der Waals surface area (Å²) < 4.78 is 6.07. The van der Waals surface area contributed by atoms with E-state index in [4.69, 9.17) is 4.74 Å². The summed E-state index contributed by atoms with van der Waals surface area (Å²) in [4.78, 5) is 16.3. The highest BCUT2D eigenvalue weighted by atomic mass is 79.9. The third-order valence-corrected chi connectivity index (χ3v) is 4.32. The van der Waals surface area contributed by atoms with Gasteiger partial charge in [0.05, 0.1) is 12.0 Å². The lowest BCUT2D eigenvalue weighted by atomic mass is 10.1. The van der Waals surface area contributed by atoms with Crippen LogP contribution in [0.2, 0.25) is 0 Å². The molecule has 0 saturated carbocycles. The van der Waals surface area contributed by atoms with Crippen molar-refractivity contribution < 1.29 is 9.53 Å². The van der Waals surface area contributed by atoms with Crippen molar-refractivity contribution >= 4 is 44.0 Å². The quantitative estimate of drug-likeness (QED) is 0.727. The predicted octanol–water partition coefficient (Wildman–Crippen LogP) is 4.23. The summed E-state index contributed by atoms with van der Waals surface area (Å²) in [6.45, 7) is 0. The number of thiophene rings is 1. The Balaban J connectivity index is 2.08. The molecule has 3 aromatic rings. The van der Waals surface area contributed by atoms with E-state index in [1.165, 1.54) is 11.3 Å². The standard InChI is InChI=1S/C14H10BrNO2S/c1-18-9-5-13(19-7-9)14(17)11-6-16-12-3-2-8(15)4-10(11)12/h2-7,16H,1H3. The highest BCUT2D eigenvalue weighted by Gasteiger charge is 2.16. The van der Waals surface area contributed by atoms with Crippen molar-refractivity contribution in [2.24, 2.45) is 0 Å². The zero-order valence-electron chi connectivity index (χ0n) is 10.1. The molecule has 0 unspecified atom stereocenters. The Morgan fingerprint density at radius 2 is 2.21 bits per heavy atom. The number of halogens is 1. The molecule has 2 aromatic heterocycles. The Kier molecular flexibility index (Phi) is 3.16. The fourth-order valence-electron chi connectivity index (χ4n) is 1.96. The molecule has 96 valence electrons. The second-order valence-electron chi connectivity index (χ2n) is 4.07. The number of hydrogen-bond donors (Lipinski definition) is 1. The van der Waals surface area contributed by atoms with Crippen molar-refractivity contribution in [1.82, 2.24) is 4.98 Å². The van der Waals surface area contributed by atoms with E-state index in [9.17, 15) is 4.79 Å². The molecule has 0 radical (unpaired) electrons. The van der Waals surface area contributed by atoms with Gasteiger partial charge >= 0.3 is 0 Å². The monoisotopic (exact) mass is 335 g/mol. The Morgan fingerprint density at radius 1 is 1.37 bits per heavy atom. The van der Waals surface area contributed by atoms with E-state index in [1.54, 1.807) is 19.4 Å². The number of aromatic nitrogens is 1. The molecule has 0 aliphatic rings. The van der Waals surface area contributed by atoms with E-state index in [-0.39, 0.29) is 5.78 Å². The van der Waals surface area contributed by atoms with Crippen LogP contribution < -0.4 is 4.74 Å². The van der Waals surface area contributed by atoms with Gasteiger partial charge in [-0.05, 0) is 18.2 Å². The number of benzene rings is 1. The molecule has 0 bridgehead atoms. The van der Waals surface area contributed by atoms with Crippen LogP contribution in [0, 0.1) is 0 Å². The summed E-state index contributed by atoms with van der Waals surface area (Å²) in [6, 6.07) is 7.61. The van der Waals surface area contributed by atoms with E-state index in [0.717, 1.165) is 21.1 Å². The topological polar surface area (TPSA) is 42.1 Å². The van der Waals surface area contributed by atoms with Gasteiger partial charge in [0.15, 0.2) is 0 Å². The molecule has 0 aliphatic carbocycles. The molecule has 0 saturated heterocycles. The number of ketones is 1. The van der Waals surface area contributed by atoms with Crippen LogP contribution in [-0.4, -0.2) is 17.9 Å². The van der Waals surface area contributed by atoms with Crippen molar-refractivity contribution in [3.63, 3.8) is 0 Å². The molecule has 1 N–H and O–H groups in total. The van der Waals surface area contributed by atoms with Gasteiger partial charge < -0.3 is 9.72 Å². The number of ether oxygens (including phenoxy) is 1. The normalized spacial score (nSPS) is 10.8. The second kappa shape index (κ2) is 4.83. The lowest BCUT2D eigenvalue weighted by Crippen LogP contribution is -1.97. The summed E-state index contributed by atoms with van der Waals surface area (Å²) in [5, 5.41) is 2.75. The average molecular weight is 336 g/mol. The van der Waals surface area contributed by atoms with Gasteiger partial charge in [0.25, 0.3) is 0 Å². The van der Waals surface area contributed by atoms with Crippen molar-refractivity contribution in [3.05, 3.63) is 50.8 Å². The minimum atomic E-state index is 0.0117. The van der Waals surface area contributed by atoms with Crippen LogP contribution in [0.3, 0.4) is 0 Å². The number of carbonyl (C=O) groups excluding carboxylic acids is 1. The Hall–Kier alpha value is -1.59.